The van der Waals surface area contributed by atoms with E-state index in [-0.39, 0.29) is 22.9 Å². The van der Waals surface area contributed by atoms with Crippen LogP contribution in [0.3, 0.4) is 0 Å². The molecule has 0 fully saturated rings. The van der Waals surface area contributed by atoms with Crippen molar-refractivity contribution in [3.63, 3.8) is 0 Å². The van der Waals surface area contributed by atoms with Crippen molar-refractivity contribution in [1.29, 1.82) is 0 Å². The summed E-state index contributed by atoms with van der Waals surface area (Å²) in [5.41, 5.74) is 1.88. The van der Waals surface area contributed by atoms with Crippen molar-refractivity contribution in [2.75, 3.05) is 5.32 Å². The molecule has 0 bridgehead atoms. The highest BCUT2D eigenvalue weighted by molar-refractivity contribution is 7.16. The van der Waals surface area contributed by atoms with E-state index >= 15 is 0 Å². The summed E-state index contributed by atoms with van der Waals surface area (Å²) in [6.45, 7) is 0. The van der Waals surface area contributed by atoms with Crippen LogP contribution < -0.4 is 10.6 Å². The Morgan fingerprint density at radius 2 is 2.04 bits per heavy atom. The lowest BCUT2D eigenvalue weighted by atomic mass is 9.94. The number of anilines is 1. The Labute approximate surface area is 141 Å². The highest BCUT2D eigenvalue weighted by Gasteiger charge is 2.34. The standard InChI is InChI=1S/C16H15N3O4S/c20-8-5-6-11(19(22)23)10(7-8)14-17-15(21)13-9-3-1-2-4-12(9)24-16(13)18-14/h5-7,14,18,20H,1-4H2,(H,17,21)/t14-/m0/s1. The average molecular weight is 345 g/mol. The number of nitrogens with zero attached hydrogens (tertiary/aromatic N) is 1. The van der Waals surface area contributed by atoms with Crippen molar-refractivity contribution in [2.24, 2.45) is 0 Å². The number of carbonyl (C=O) groups excluding carboxylic acids is 1. The molecule has 1 amide bonds. The average Bonchev–Trinajstić information content (AvgIpc) is 2.93. The molecule has 2 aromatic rings. The lowest BCUT2D eigenvalue weighted by molar-refractivity contribution is -0.385. The number of rotatable bonds is 2. The maximum Gasteiger partial charge on any atom is 0.276 e. The molecule has 0 unspecified atom stereocenters. The monoisotopic (exact) mass is 345 g/mol. The minimum Gasteiger partial charge on any atom is -0.508 e. The van der Waals surface area contributed by atoms with Crippen LogP contribution in [0.5, 0.6) is 5.75 Å². The highest BCUT2D eigenvalue weighted by Crippen LogP contribution is 2.42. The number of carbonyl (C=O) groups is 1. The van der Waals surface area contributed by atoms with E-state index in [1.807, 2.05) is 0 Å². The Morgan fingerprint density at radius 3 is 2.83 bits per heavy atom. The number of phenols is 1. The fourth-order valence-electron chi connectivity index (χ4n) is 3.37. The molecular weight excluding hydrogens is 330 g/mol. The number of nitrogens with one attached hydrogen (secondary N) is 2. The van der Waals surface area contributed by atoms with Crippen LogP contribution in [-0.4, -0.2) is 15.9 Å². The van der Waals surface area contributed by atoms with Gasteiger partial charge < -0.3 is 15.7 Å². The molecule has 0 saturated carbocycles. The van der Waals surface area contributed by atoms with Gasteiger partial charge in [0.1, 0.15) is 16.9 Å². The Balaban J connectivity index is 1.76. The molecule has 3 N–H and O–H groups in total. The summed E-state index contributed by atoms with van der Waals surface area (Å²) < 4.78 is 0. The number of aryl methyl sites for hydroxylation is 1. The van der Waals surface area contributed by atoms with Gasteiger partial charge in [-0.25, -0.2) is 0 Å². The molecule has 0 spiro atoms. The van der Waals surface area contributed by atoms with Crippen LogP contribution in [0, 0.1) is 10.1 Å². The van der Waals surface area contributed by atoms with Crippen molar-refractivity contribution < 1.29 is 14.8 Å². The molecule has 2 aliphatic rings. The molecule has 2 heterocycles. The molecule has 1 aromatic carbocycles. The summed E-state index contributed by atoms with van der Waals surface area (Å²) in [7, 11) is 0. The molecule has 0 saturated heterocycles. The quantitative estimate of drug-likeness (QED) is 0.573. The van der Waals surface area contributed by atoms with Gasteiger partial charge >= 0.3 is 0 Å². The van der Waals surface area contributed by atoms with Crippen LogP contribution in [0.15, 0.2) is 18.2 Å². The number of phenolic OH excluding ortho intramolecular Hbond substituents is 1. The zero-order valence-corrected chi connectivity index (χ0v) is 13.5. The molecule has 1 atom stereocenters. The number of nitro groups is 1. The normalized spacial score (nSPS) is 19.0. The third kappa shape index (κ3) is 2.30. The van der Waals surface area contributed by atoms with Crippen LogP contribution in [0.2, 0.25) is 0 Å². The highest BCUT2D eigenvalue weighted by atomic mass is 32.1. The fourth-order valence-corrected chi connectivity index (χ4v) is 4.69. The van der Waals surface area contributed by atoms with Crippen LogP contribution in [0.1, 0.15) is 45.4 Å². The molecule has 7 nitrogen and oxygen atoms in total. The number of hydrogen-bond donors (Lipinski definition) is 3. The number of nitro benzene ring substituents is 1. The van der Waals surface area contributed by atoms with Crippen molar-refractivity contribution in [3.05, 3.63) is 49.9 Å². The number of fused-ring (bicyclic) bond motifs is 3. The largest absolute Gasteiger partial charge is 0.508 e. The molecule has 1 aliphatic carbocycles. The van der Waals surface area contributed by atoms with Gasteiger partial charge in [0.2, 0.25) is 0 Å². The van der Waals surface area contributed by atoms with Gasteiger partial charge in [-0.05, 0) is 43.4 Å². The second kappa shape index (κ2) is 5.48. The number of hydrogen-bond acceptors (Lipinski definition) is 6. The lowest BCUT2D eigenvalue weighted by Crippen LogP contribution is -2.38. The topological polar surface area (TPSA) is 104 Å². The van der Waals surface area contributed by atoms with Gasteiger partial charge in [-0.2, -0.15) is 0 Å². The van der Waals surface area contributed by atoms with Crippen LogP contribution >= 0.6 is 11.3 Å². The first-order chi connectivity index (χ1) is 11.5. The minimum atomic E-state index is -0.738. The first-order valence-corrected chi connectivity index (χ1v) is 8.55. The molecule has 8 heteroatoms. The first kappa shape index (κ1) is 14.9. The van der Waals surface area contributed by atoms with Gasteiger partial charge in [-0.1, -0.05) is 0 Å². The Morgan fingerprint density at radius 1 is 1.25 bits per heavy atom. The van der Waals surface area contributed by atoms with E-state index in [0.29, 0.717) is 5.56 Å². The lowest BCUT2D eigenvalue weighted by Gasteiger charge is -2.26. The van der Waals surface area contributed by atoms with Gasteiger partial charge in [-0.15, -0.1) is 11.3 Å². The Bertz CT molecular complexity index is 861. The number of aromatic hydroxyl groups is 1. The maximum absolute atomic E-state index is 12.6. The first-order valence-electron chi connectivity index (χ1n) is 7.74. The summed E-state index contributed by atoms with van der Waals surface area (Å²) in [4.78, 5) is 24.5. The van der Waals surface area contributed by atoms with Crippen molar-refractivity contribution in [2.45, 2.75) is 31.8 Å². The molecule has 124 valence electrons. The van der Waals surface area contributed by atoms with E-state index in [4.69, 9.17) is 0 Å². The van der Waals surface area contributed by atoms with Gasteiger partial charge in [-0.3, -0.25) is 14.9 Å². The minimum absolute atomic E-state index is 0.0806. The third-order valence-corrected chi connectivity index (χ3v) is 5.69. The van der Waals surface area contributed by atoms with E-state index < -0.39 is 11.1 Å². The van der Waals surface area contributed by atoms with Gasteiger partial charge in [0, 0.05) is 10.9 Å². The molecule has 24 heavy (non-hydrogen) atoms. The molecule has 1 aliphatic heterocycles. The third-order valence-electron chi connectivity index (χ3n) is 4.47. The SMILES string of the molecule is O=C1N[C@H](c2cc(O)ccc2[N+](=O)[O-])Nc2sc3c(c21)CCCC3. The predicted octanol–water partition coefficient (Wildman–Crippen LogP) is 3.09. The van der Waals surface area contributed by atoms with E-state index in [1.54, 1.807) is 11.3 Å². The van der Waals surface area contributed by atoms with Gasteiger partial charge in [0.25, 0.3) is 11.6 Å². The van der Waals surface area contributed by atoms with E-state index in [1.165, 1.54) is 23.1 Å². The summed E-state index contributed by atoms with van der Waals surface area (Å²) in [6.07, 6.45) is 3.32. The van der Waals surface area contributed by atoms with Crippen LogP contribution in [0.25, 0.3) is 0 Å². The van der Waals surface area contributed by atoms with E-state index in [0.717, 1.165) is 36.2 Å². The summed E-state index contributed by atoms with van der Waals surface area (Å²) in [5.74, 6) is -0.297. The van der Waals surface area contributed by atoms with Gasteiger partial charge in [0.05, 0.1) is 16.1 Å². The zero-order valence-electron chi connectivity index (χ0n) is 12.7. The zero-order chi connectivity index (χ0) is 16.8. The van der Waals surface area contributed by atoms with Crippen molar-refractivity contribution >= 4 is 27.9 Å². The summed E-state index contributed by atoms with van der Waals surface area (Å²) >= 11 is 1.55. The number of thiophene rings is 1. The van der Waals surface area contributed by atoms with Crippen LogP contribution in [-0.2, 0) is 12.8 Å². The smallest absolute Gasteiger partial charge is 0.276 e. The Hall–Kier alpha value is -2.61. The molecular formula is C16H15N3O4S. The number of benzene rings is 1. The van der Waals surface area contributed by atoms with Crippen molar-refractivity contribution in [3.8, 4) is 5.75 Å². The number of amides is 1. The second-order valence-corrected chi connectivity index (χ2v) is 7.07. The predicted molar refractivity (Wildman–Crippen MR) is 89.6 cm³/mol. The molecule has 0 radical (unpaired) electrons. The van der Waals surface area contributed by atoms with Crippen LogP contribution in [0.4, 0.5) is 10.7 Å². The molecule has 1 aromatic heterocycles. The summed E-state index contributed by atoms with van der Waals surface area (Å²) in [6, 6.07) is 3.82. The van der Waals surface area contributed by atoms with E-state index in [9.17, 15) is 20.0 Å². The molecule has 4 rings (SSSR count). The van der Waals surface area contributed by atoms with E-state index in [2.05, 4.69) is 10.6 Å². The second-order valence-electron chi connectivity index (χ2n) is 5.97. The van der Waals surface area contributed by atoms with Crippen molar-refractivity contribution in [1.82, 2.24) is 5.32 Å². The fraction of sp³-hybridized carbons (Fsp3) is 0.312. The summed E-state index contributed by atoms with van der Waals surface area (Å²) in [5, 5.41) is 27.7. The van der Waals surface area contributed by atoms with Gasteiger partial charge in [0.15, 0.2) is 0 Å². The maximum atomic E-state index is 12.6. The Kier molecular flexibility index (Phi) is 3.42.